The van der Waals surface area contributed by atoms with Crippen LogP contribution < -0.4 is 0 Å². The zero-order valence-electron chi connectivity index (χ0n) is 8.81. The van der Waals surface area contributed by atoms with Gasteiger partial charge in [-0.25, -0.2) is 4.79 Å². The van der Waals surface area contributed by atoms with Gasteiger partial charge >= 0.3 is 5.97 Å². The van der Waals surface area contributed by atoms with E-state index in [-0.39, 0.29) is 5.69 Å². The lowest BCUT2D eigenvalue weighted by molar-refractivity contribution is 0.0690. The summed E-state index contributed by atoms with van der Waals surface area (Å²) in [6, 6.07) is 1.95. The molecular formula is C11H9BrN2O2S. The topological polar surface area (TPSA) is 55.1 Å². The summed E-state index contributed by atoms with van der Waals surface area (Å²) in [6.45, 7) is 0.822. The van der Waals surface area contributed by atoms with Crippen molar-refractivity contribution in [3.63, 3.8) is 0 Å². The SMILES string of the molecule is O=C(O)c1nn2c(c1-c1cc(Br)cs1)CCC2. The molecule has 0 aliphatic carbocycles. The largest absolute Gasteiger partial charge is 0.476 e. The Morgan fingerprint density at radius 1 is 1.59 bits per heavy atom. The molecule has 2 aromatic rings. The highest BCUT2D eigenvalue weighted by atomic mass is 79.9. The minimum absolute atomic E-state index is 0.175. The molecule has 4 nitrogen and oxygen atoms in total. The molecule has 1 aliphatic heterocycles. The van der Waals surface area contributed by atoms with Crippen LogP contribution in [-0.2, 0) is 13.0 Å². The van der Waals surface area contributed by atoms with Gasteiger partial charge in [0.2, 0.25) is 0 Å². The molecular weight excluding hydrogens is 304 g/mol. The number of hydrogen-bond acceptors (Lipinski definition) is 3. The van der Waals surface area contributed by atoms with Gasteiger partial charge in [-0.1, -0.05) is 0 Å². The summed E-state index contributed by atoms with van der Waals surface area (Å²) < 4.78 is 2.80. The Labute approximate surface area is 110 Å². The highest BCUT2D eigenvalue weighted by Crippen LogP contribution is 2.36. The molecule has 3 rings (SSSR count). The number of halogens is 1. The monoisotopic (exact) mass is 312 g/mol. The van der Waals surface area contributed by atoms with E-state index in [1.165, 1.54) is 0 Å². The van der Waals surface area contributed by atoms with Gasteiger partial charge in [-0.2, -0.15) is 5.10 Å². The van der Waals surface area contributed by atoms with Gasteiger partial charge < -0.3 is 5.11 Å². The van der Waals surface area contributed by atoms with Crippen LogP contribution in [0.15, 0.2) is 15.9 Å². The molecule has 6 heteroatoms. The van der Waals surface area contributed by atoms with E-state index in [9.17, 15) is 9.90 Å². The number of aryl methyl sites for hydroxylation is 1. The summed E-state index contributed by atoms with van der Waals surface area (Å²) in [4.78, 5) is 12.2. The van der Waals surface area contributed by atoms with E-state index >= 15 is 0 Å². The van der Waals surface area contributed by atoms with Gasteiger partial charge in [0.1, 0.15) is 0 Å². The van der Waals surface area contributed by atoms with Crippen LogP contribution in [0.5, 0.6) is 0 Å². The van der Waals surface area contributed by atoms with Crippen LogP contribution in [0, 0.1) is 0 Å². The Morgan fingerprint density at radius 2 is 2.41 bits per heavy atom. The number of aromatic nitrogens is 2. The summed E-state index contributed by atoms with van der Waals surface area (Å²) in [7, 11) is 0. The van der Waals surface area contributed by atoms with E-state index in [4.69, 9.17) is 0 Å². The van der Waals surface area contributed by atoms with Crippen LogP contribution in [0.3, 0.4) is 0 Å². The molecule has 88 valence electrons. The van der Waals surface area contributed by atoms with Crippen LogP contribution in [0.4, 0.5) is 0 Å². The first-order chi connectivity index (χ1) is 8.16. The molecule has 0 spiro atoms. The molecule has 0 amide bonds. The van der Waals surface area contributed by atoms with Crippen molar-refractivity contribution >= 4 is 33.2 Å². The van der Waals surface area contributed by atoms with Gasteiger partial charge in [0.05, 0.1) is 0 Å². The number of fused-ring (bicyclic) bond motifs is 1. The van der Waals surface area contributed by atoms with Crippen LogP contribution >= 0.6 is 27.3 Å². The maximum Gasteiger partial charge on any atom is 0.357 e. The zero-order chi connectivity index (χ0) is 12.0. The molecule has 0 saturated heterocycles. The number of rotatable bonds is 2. The summed E-state index contributed by atoms with van der Waals surface area (Å²) in [5.41, 5.74) is 2.02. The highest BCUT2D eigenvalue weighted by molar-refractivity contribution is 9.10. The van der Waals surface area contributed by atoms with Gasteiger partial charge in [0.25, 0.3) is 0 Å². The summed E-state index contributed by atoms with van der Waals surface area (Å²) in [5.74, 6) is -0.952. The predicted molar refractivity (Wildman–Crippen MR) is 68.5 cm³/mol. The quantitative estimate of drug-likeness (QED) is 0.927. The van der Waals surface area contributed by atoms with Gasteiger partial charge in [-0.05, 0) is 34.8 Å². The van der Waals surface area contributed by atoms with Gasteiger partial charge in [0, 0.05) is 32.5 Å². The number of nitrogens with zero attached hydrogens (tertiary/aromatic N) is 2. The Kier molecular flexibility index (Phi) is 2.56. The molecule has 0 fully saturated rings. The number of carboxylic acid groups (broad SMARTS) is 1. The third kappa shape index (κ3) is 1.71. The fourth-order valence-corrected chi connectivity index (χ4v) is 3.68. The minimum Gasteiger partial charge on any atom is -0.476 e. The Balaban J connectivity index is 2.23. The first kappa shape index (κ1) is 11.0. The van der Waals surface area contributed by atoms with E-state index in [1.807, 2.05) is 16.1 Å². The predicted octanol–water partition coefficient (Wildman–Crippen LogP) is 3.02. The molecule has 0 aromatic carbocycles. The Bertz CT molecular complexity index is 603. The van der Waals surface area contributed by atoms with Gasteiger partial charge in [0.15, 0.2) is 5.69 Å². The van der Waals surface area contributed by atoms with Gasteiger partial charge in [-0.15, -0.1) is 11.3 Å². The number of thiophene rings is 1. The molecule has 0 atom stereocenters. The number of carbonyl (C=O) groups is 1. The van der Waals surface area contributed by atoms with Crippen LogP contribution in [0.2, 0.25) is 0 Å². The van der Waals surface area contributed by atoms with Crippen molar-refractivity contribution in [2.24, 2.45) is 0 Å². The molecule has 3 heterocycles. The Morgan fingerprint density at radius 3 is 3.06 bits per heavy atom. The van der Waals surface area contributed by atoms with E-state index in [2.05, 4.69) is 21.0 Å². The van der Waals surface area contributed by atoms with Gasteiger partial charge in [-0.3, -0.25) is 4.68 Å². The first-order valence-electron chi connectivity index (χ1n) is 5.24. The third-order valence-electron chi connectivity index (χ3n) is 2.86. The van der Waals surface area contributed by atoms with E-state index in [1.54, 1.807) is 11.3 Å². The fraction of sp³-hybridized carbons (Fsp3) is 0.273. The molecule has 0 unspecified atom stereocenters. The summed E-state index contributed by atoms with van der Waals surface area (Å²) in [5, 5.41) is 15.4. The summed E-state index contributed by atoms with van der Waals surface area (Å²) in [6.07, 6.45) is 1.95. The van der Waals surface area contributed by atoms with Crippen LogP contribution in [0.25, 0.3) is 10.4 Å². The van der Waals surface area contributed by atoms with Crippen molar-refractivity contribution in [1.82, 2.24) is 9.78 Å². The van der Waals surface area contributed by atoms with Crippen molar-refractivity contribution in [2.45, 2.75) is 19.4 Å². The standard InChI is InChI=1S/C11H9BrN2O2S/c12-6-4-8(17-5-6)9-7-2-1-3-14(7)13-10(9)11(15)16/h4-5H,1-3H2,(H,15,16). The maximum atomic E-state index is 11.2. The Hall–Kier alpha value is -1.14. The molecule has 0 bridgehead atoms. The van der Waals surface area contributed by atoms with Crippen molar-refractivity contribution in [2.75, 3.05) is 0 Å². The van der Waals surface area contributed by atoms with E-state index in [0.717, 1.165) is 40.0 Å². The number of hydrogen-bond donors (Lipinski definition) is 1. The second-order valence-electron chi connectivity index (χ2n) is 3.93. The smallest absolute Gasteiger partial charge is 0.357 e. The van der Waals surface area contributed by atoms with E-state index in [0.29, 0.717) is 0 Å². The maximum absolute atomic E-state index is 11.2. The van der Waals surface area contributed by atoms with E-state index < -0.39 is 5.97 Å². The lowest BCUT2D eigenvalue weighted by Gasteiger charge is -1.98. The van der Waals surface area contributed by atoms with Crippen molar-refractivity contribution in [3.05, 3.63) is 27.3 Å². The first-order valence-corrected chi connectivity index (χ1v) is 6.91. The average molecular weight is 313 g/mol. The highest BCUT2D eigenvalue weighted by Gasteiger charge is 2.27. The summed E-state index contributed by atoms with van der Waals surface area (Å²) >= 11 is 4.94. The van der Waals surface area contributed by atoms with Crippen LogP contribution in [-0.4, -0.2) is 20.9 Å². The minimum atomic E-state index is -0.952. The fourth-order valence-electron chi connectivity index (χ4n) is 2.18. The number of aromatic carboxylic acids is 1. The molecule has 1 N–H and O–H groups in total. The average Bonchev–Trinajstić information content (AvgIpc) is 2.90. The normalized spacial score (nSPS) is 13.9. The van der Waals surface area contributed by atoms with Crippen LogP contribution in [0.1, 0.15) is 22.6 Å². The van der Waals surface area contributed by atoms with Crippen molar-refractivity contribution in [1.29, 1.82) is 0 Å². The second-order valence-corrected chi connectivity index (χ2v) is 5.76. The lowest BCUT2D eigenvalue weighted by atomic mass is 10.1. The molecule has 1 aliphatic rings. The van der Waals surface area contributed by atoms with Crippen molar-refractivity contribution in [3.8, 4) is 10.4 Å². The second kappa shape index (κ2) is 3.96. The third-order valence-corrected chi connectivity index (χ3v) is 4.57. The molecule has 17 heavy (non-hydrogen) atoms. The zero-order valence-corrected chi connectivity index (χ0v) is 11.2. The molecule has 0 saturated carbocycles. The number of carboxylic acids is 1. The van der Waals surface area contributed by atoms with Crippen molar-refractivity contribution < 1.29 is 9.90 Å². The molecule has 2 aromatic heterocycles. The molecule has 0 radical (unpaired) electrons. The lowest BCUT2D eigenvalue weighted by Crippen LogP contribution is -2.01.